The van der Waals surface area contributed by atoms with Crippen molar-refractivity contribution in [2.75, 3.05) is 26.2 Å². The van der Waals surface area contributed by atoms with Crippen LogP contribution in [0.4, 0.5) is 4.39 Å². The lowest BCUT2D eigenvalue weighted by molar-refractivity contribution is 0.228. The van der Waals surface area contributed by atoms with Gasteiger partial charge in [0.25, 0.3) is 0 Å². The lowest BCUT2D eigenvalue weighted by Crippen LogP contribution is -2.43. The third kappa shape index (κ3) is 3.19. The topological polar surface area (TPSA) is 49.4 Å². The molecule has 8 heteroatoms. The van der Waals surface area contributed by atoms with Gasteiger partial charge in [-0.15, -0.1) is 12.4 Å². The molecule has 2 fully saturated rings. The Balaban J connectivity index is 0.00000161. The minimum Gasteiger partial charge on any atom is -0.316 e. The monoisotopic (exact) mass is 354 g/mol. The Morgan fingerprint density at radius 1 is 1.29 bits per heavy atom. The summed E-state index contributed by atoms with van der Waals surface area (Å²) in [6.45, 7) is 2.83. The molecule has 2 saturated heterocycles. The first-order chi connectivity index (χ1) is 9.48. The van der Waals surface area contributed by atoms with Gasteiger partial charge in [-0.1, -0.05) is 11.6 Å². The van der Waals surface area contributed by atoms with E-state index >= 15 is 0 Å². The number of rotatable bonds is 2. The van der Waals surface area contributed by atoms with E-state index in [1.807, 2.05) is 0 Å². The van der Waals surface area contributed by atoms with Gasteiger partial charge in [-0.2, -0.15) is 4.31 Å². The fourth-order valence-electron chi connectivity index (χ4n) is 3.04. The molecule has 0 amide bonds. The smallest absolute Gasteiger partial charge is 0.244 e. The Morgan fingerprint density at radius 2 is 2.00 bits per heavy atom. The van der Waals surface area contributed by atoms with Crippen LogP contribution >= 0.6 is 24.0 Å². The number of sulfonamides is 1. The van der Waals surface area contributed by atoms with E-state index in [-0.39, 0.29) is 22.3 Å². The summed E-state index contributed by atoms with van der Waals surface area (Å²) < 4.78 is 39.7. The predicted molar refractivity (Wildman–Crippen MR) is 81.9 cm³/mol. The highest BCUT2D eigenvalue weighted by Crippen LogP contribution is 2.32. The van der Waals surface area contributed by atoms with Gasteiger partial charge in [-0.25, -0.2) is 12.8 Å². The van der Waals surface area contributed by atoms with Gasteiger partial charge >= 0.3 is 0 Å². The molecule has 4 nitrogen and oxygen atoms in total. The lowest BCUT2D eigenvalue weighted by Gasteiger charge is -2.33. The molecule has 2 aliphatic heterocycles. The number of hydrogen-bond acceptors (Lipinski definition) is 3. The van der Waals surface area contributed by atoms with E-state index in [9.17, 15) is 12.8 Å². The first-order valence-electron chi connectivity index (χ1n) is 6.64. The molecular weight excluding hydrogens is 338 g/mol. The summed E-state index contributed by atoms with van der Waals surface area (Å²) in [5.41, 5.74) is 0. The third-order valence-corrected chi connectivity index (χ3v) is 6.53. The predicted octanol–water partition coefficient (Wildman–Crippen LogP) is 2.13. The number of hydrogen-bond donors (Lipinski definition) is 1. The Morgan fingerprint density at radius 3 is 2.71 bits per heavy atom. The van der Waals surface area contributed by atoms with Gasteiger partial charge in [0, 0.05) is 13.1 Å². The standard InChI is InChI=1S/C13H16ClFN2O2S.ClH/c14-12-5-11(15)1-2-13(12)20(18,19)17-4-3-9-6-16-7-10(9)8-17;/h1-2,5,9-10,16H,3-4,6-8H2;1H. The Hall–Kier alpha value is -0.400. The van der Waals surface area contributed by atoms with Crippen molar-refractivity contribution in [1.82, 2.24) is 9.62 Å². The average molecular weight is 355 g/mol. The summed E-state index contributed by atoms with van der Waals surface area (Å²) in [6, 6.07) is 3.41. The van der Waals surface area contributed by atoms with Crippen LogP contribution in [0.5, 0.6) is 0 Å². The van der Waals surface area contributed by atoms with Crippen LogP contribution in [-0.2, 0) is 10.0 Å². The average Bonchev–Trinajstić information content (AvgIpc) is 2.85. The summed E-state index contributed by atoms with van der Waals surface area (Å²) in [4.78, 5) is -0.00928. The molecule has 2 unspecified atom stereocenters. The van der Waals surface area contributed by atoms with Crippen LogP contribution in [0.2, 0.25) is 5.02 Å². The zero-order valence-corrected chi connectivity index (χ0v) is 13.6. The van der Waals surface area contributed by atoms with Crippen LogP contribution in [0.1, 0.15) is 6.42 Å². The first-order valence-corrected chi connectivity index (χ1v) is 8.46. The second kappa shape index (κ2) is 6.38. The number of fused-ring (bicyclic) bond motifs is 1. The zero-order valence-electron chi connectivity index (χ0n) is 11.3. The van der Waals surface area contributed by atoms with Gasteiger partial charge in [0.05, 0.1) is 5.02 Å². The fourth-order valence-corrected chi connectivity index (χ4v) is 5.06. The maximum absolute atomic E-state index is 13.1. The van der Waals surface area contributed by atoms with Crippen LogP contribution in [0, 0.1) is 17.7 Å². The van der Waals surface area contributed by atoms with Crippen molar-refractivity contribution in [2.45, 2.75) is 11.3 Å². The summed E-state index contributed by atoms with van der Waals surface area (Å²) in [6.07, 6.45) is 0.857. The second-order valence-corrected chi connectivity index (χ2v) is 7.72. The van der Waals surface area contributed by atoms with Gasteiger partial charge < -0.3 is 5.32 Å². The van der Waals surface area contributed by atoms with Crippen molar-refractivity contribution in [3.63, 3.8) is 0 Å². The minimum atomic E-state index is -3.64. The van der Waals surface area contributed by atoms with Gasteiger partial charge in [0.2, 0.25) is 10.0 Å². The largest absolute Gasteiger partial charge is 0.316 e. The van der Waals surface area contributed by atoms with E-state index in [0.29, 0.717) is 24.9 Å². The summed E-state index contributed by atoms with van der Waals surface area (Å²) in [5.74, 6) is 0.385. The SMILES string of the molecule is Cl.O=S(=O)(c1ccc(F)cc1Cl)N1CCC2CNCC2C1. The van der Waals surface area contributed by atoms with Crippen molar-refractivity contribution in [3.05, 3.63) is 29.0 Å². The van der Waals surface area contributed by atoms with Gasteiger partial charge in [0.1, 0.15) is 10.7 Å². The lowest BCUT2D eigenvalue weighted by atomic mass is 9.90. The molecule has 3 rings (SSSR count). The minimum absolute atomic E-state index is 0. The Bertz CT molecular complexity index is 627. The van der Waals surface area contributed by atoms with Crippen molar-refractivity contribution in [1.29, 1.82) is 0 Å². The maximum atomic E-state index is 13.1. The molecule has 0 radical (unpaired) electrons. The van der Waals surface area contributed by atoms with Crippen molar-refractivity contribution < 1.29 is 12.8 Å². The van der Waals surface area contributed by atoms with E-state index < -0.39 is 15.8 Å². The molecule has 1 aromatic carbocycles. The van der Waals surface area contributed by atoms with Crippen LogP contribution in [-0.4, -0.2) is 38.9 Å². The summed E-state index contributed by atoms with van der Waals surface area (Å²) in [7, 11) is -3.64. The van der Waals surface area contributed by atoms with E-state index in [1.54, 1.807) is 0 Å². The van der Waals surface area contributed by atoms with Crippen molar-refractivity contribution in [3.8, 4) is 0 Å². The molecule has 2 atom stereocenters. The Kier molecular flexibility index (Phi) is 5.15. The molecule has 118 valence electrons. The highest BCUT2D eigenvalue weighted by Gasteiger charge is 2.38. The number of benzene rings is 1. The van der Waals surface area contributed by atoms with E-state index in [0.717, 1.165) is 31.6 Å². The molecule has 0 bridgehead atoms. The number of nitrogens with one attached hydrogen (secondary N) is 1. The zero-order chi connectivity index (χ0) is 14.3. The van der Waals surface area contributed by atoms with Crippen LogP contribution in [0.3, 0.4) is 0 Å². The first kappa shape index (κ1) is 17.0. The fraction of sp³-hybridized carbons (Fsp3) is 0.538. The van der Waals surface area contributed by atoms with Gasteiger partial charge in [-0.05, 0) is 49.5 Å². The van der Waals surface area contributed by atoms with Crippen LogP contribution in [0.15, 0.2) is 23.1 Å². The van der Waals surface area contributed by atoms with Gasteiger partial charge in [0.15, 0.2) is 0 Å². The molecule has 0 spiro atoms. The van der Waals surface area contributed by atoms with E-state index in [1.165, 1.54) is 10.4 Å². The molecule has 0 saturated carbocycles. The van der Waals surface area contributed by atoms with Crippen molar-refractivity contribution in [2.24, 2.45) is 11.8 Å². The molecule has 2 aliphatic rings. The number of halogens is 3. The highest BCUT2D eigenvalue weighted by molar-refractivity contribution is 7.89. The molecule has 1 aromatic rings. The van der Waals surface area contributed by atoms with Crippen LogP contribution in [0.25, 0.3) is 0 Å². The molecule has 21 heavy (non-hydrogen) atoms. The number of nitrogens with zero attached hydrogens (tertiary/aromatic N) is 1. The maximum Gasteiger partial charge on any atom is 0.244 e. The van der Waals surface area contributed by atoms with Gasteiger partial charge in [-0.3, -0.25) is 0 Å². The van der Waals surface area contributed by atoms with E-state index in [4.69, 9.17) is 11.6 Å². The molecule has 2 heterocycles. The Labute approximate surface area is 135 Å². The third-order valence-electron chi connectivity index (χ3n) is 4.18. The molecule has 0 aromatic heterocycles. The second-order valence-electron chi connectivity index (χ2n) is 5.40. The van der Waals surface area contributed by atoms with Crippen molar-refractivity contribution >= 4 is 34.0 Å². The van der Waals surface area contributed by atoms with Crippen LogP contribution < -0.4 is 5.32 Å². The molecule has 0 aliphatic carbocycles. The van der Waals surface area contributed by atoms with E-state index in [2.05, 4.69) is 5.32 Å². The quantitative estimate of drug-likeness (QED) is 0.884. The number of piperidine rings is 1. The summed E-state index contributed by atoms with van der Waals surface area (Å²) in [5, 5.41) is 3.24. The normalized spacial score (nSPS) is 26.2. The summed E-state index contributed by atoms with van der Waals surface area (Å²) >= 11 is 5.89. The molecular formula is C13H17Cl2FN2O2S. The molecule has 1 N–H and O–H groups in total. The highest BCUT2D eigenvalue weighted by atomic mass is 35.5.